The van der Waals surface area contributed by atoms with Gasteiger partial charge in [-0.2, -0.15) is 0 Å². The molecule has 44 heavy (non-hydrogen) atoms. The van der Waals surface area contributed by atoms with Gasteiger partial charge in [-0.1, -0.05) is 12.1 Å². The summed E-state index contributed by atoms with van der Waals surface area (Å²) in [5.41, 5.74) is -0.384. The van der Waals surface area contributed by atoms with Crippen molar-refractivity contribution >= 4 is 29.1 Å². The van der Waals surface area contributed by atoms with E-state index in [-0.39, 0.29) is 31.8 Å². The molecule has 1 aromatic heterocycles. The number of esters is 1. The van der Waals surface area contributed by atoms with Crippen LogP contribution in [0.1, 0.15) is 49.4 Å². The van der Waals surface area contributed by atoms with Gasteiger partial charge in [0, 0.05) is 43.0 Å². The zero-order valence-electron chi connectivity index (χ0n) is 24.9. The lowest BCUT2D eigenvalue weighted by molar-refractivity contribution is -0.155. The van der Waals surface area contributed by atoms with Crippen LogP contribution in [0.25, 0.3) is 0 Å². The number of thiazole rings is 1. The Kier molecular flexibility index (Phi) is 8.91. The summed E-state index contributed by atoms with van der Waals surface area (Å²) in [6.07, 6.45) is 0.576. The van der Waals surface area contributed by atoms with Gasteiger partial charge in [0.1, 0.15) is 11.9 Å². The maximum atomic E-state index is 15.7. The lowest BCUT2D eigenvalue weighted by atomic mass is 9.86. The Hall–Kier alpha value is -3.33. The summed E-state index contributed by atoms with van der Waals surface area (Å²) in [5, 5.41) is 25.6. The molecule has 0 spiro atoms. The maximum Gasteiger partial charge on any atom is 0.338 e. The number of hydrogen-bond acceptors (Lipinski definition) is 10. The number of rotatable bonds is 10. The molecule has 3 N–H and O–H groups in total. The molecule has 0 amide bonds. The van der Waals surface area contributed by atoms with Crippen LogP contribution in [0.5, 0.6) is 0 Å². The Morgan fingerprint density at radius 3 is 2.70 bits per heavy atom. The molecular weight excluding hydrogens is 599 g/mol. The van der Waals surface area contributed by atoms with Crippen LogP contribution < -0.4 is 5.32 Å². The molecule has 2 saturated heterocycles. The van der Waals surface area contributed by atoms with Crippen molar-refractivity contribution in [1.82, 2.24) is 20.1 Å². The number of likely N-dealkylation sites (tertiary alicyclic amines) is 2. The van der Waals surface area contributed by atoms with Crippen LogP contribution in [0.3, 0.4) is 0 Å². The fraction of sp³-hybridized carbons (Fsp3) is 0.533. The molecule has 3 aliphatic rings. The van der Waals surface area contributed by atoms with Gasteiger partial charge in [-0.25, -0.2) is 22.9 Å². The molecular formula is C30H36F3N5O5S. The van der Waals surface area contributed by atoms with Gasteiger partial charge in [-0.05, 0) is 51.3 Å². The fourth-order valence-corrected chi connectivity index (χ4v) is 6.78. The Labute approximate surface area is 257 Å². The number of carboxylic acids is 1. The van der Waals surface area contributed by atoms with Crippen molar-refractivity contribution in [3.63, 3.8) is 0 Å². The van der Waals surface area contributed by atoms with E-state index in [9.17, 15) is 24.2 Å². The third kappa shape index (κ3) is 5.87. The van der Waals surface area contributed by atoms with Gasteiger partial charge in [0.2, 0.25) is 0 Å². The standard InChI is InChI=1S/C30H36F3N5O5S/c1-5-43-27(40)22-19(35-25(26-34-10-12-44-26)36-23(22)17-7-6-8-18(31)16(17)2)13-38-15-30(32,33)24-20(38)9-11-37(24)14-21(39)29(3,4)28(41)42/h6-8,10,12,20-21,23-24,39H,5,9,11,13-15H2,1-4H3,(H,35,36)(H,41,42)/t20-,21+,23-,24+/m0/s1. The molecule has 2 fully saturated rings. The maximum absolute atomic E-state index is 15.7. The predicted octanol–water partition coefficient (Wildman–Crippen LogP) is 3.36. The molecule has 0 aliphatic carbocycles. The van der Waals surface area contributed by atoms with Gasteiger partial charge in [0.05, 0.1) is 36.3 Å². The number of halogens is 3. The molecule has 0 radical (unpaired) electrons. The number of aliphatic hydroxyl groups is 1. The highest BCUT2D eigenvalue weighted by Gasteiger charge is 2.60. The summed E-state index contributed by atoms with van der Waals surface area (Å²) < 4.78 is 51.5. The second kappa shape index (κ2) is 12.2. The highest BCUT2D eigenvalue weighted by atomic mass is 32.1. The first-order valence-electron chi connectivity index (χ1n) is 14.4. The summed E-state index contributed by atoms with van der Waals surface area (Å²) in [6.45, 7) is 5.34. The van der Waals surface area contributed by atoms with E-state index in [0.29, 0.717) is 34.1 Å². The van der Waals surface area contributed by atoms with Crippen molar-refractivity contribution < 1.29 is 37.7 Å². The number of carbonyl (C=O) groups excluding carboxylic acids is 1. The van der Waals surface area contributed by atoms with Crippen molar-refractivity contribution in [2.24, 2.45) is 10.4 Å². The number of ether oxygens (including phenoxy) is 1. The van der Waals surface area contributed by atoms with Crippen molar-refractivity contribution in [3.05, 3.63) is 63.0 Å². The van der Waals surface area contributed by atoms with E-state index < -0.39 is 59.9 Å². The summed E-state index contributed by atoms with van der Waals surface area (Å²) in [7, 11) is 0. The Balaban J connectivity index is 1.51. The smallest absolute Gasteiger partial charge is 0.338 e. The number of fused-ring (bicyclic) bond motifs is 1. The molecule has 4 heterocycles. The highest BCUT2D eigenvalue weighted by Crippen LogP contribution is 2.43. The van der Waals surface area contributed by atoms with Crippen LogP contribution in [0.15, 0.2) is 46.0 Å². The SMILES string of the molecule is CCOC(=O)C1=C(CN2CC(F)(F)[C@H]3[C@@H]2CCN3C[C@@H](O)C(C)(C)C(=O)O)NC(c2nccs2)=N[C@H]1c1cccc(F)c1C. The minimum atomic E-state index is -3.18. The van der Waals surface area contributed by atoms with Crippen molar-refractivity contribution in [3.8, 4) is 0 Å². The Bertz CT molecular complexity index is 1480. The van der Waals surface area contributed by atoms with Crippen LogP contribution in [0.2, 0.25) is 0 Å². The molecule has 14 heteroatoms. The van der Waals surface area contributed by atoms with Crippen LogP contribution in [-0.2, 0) is 14.3 Å². The second-order valence-corrected chi connectivity index (χ2v) is 12.8. The molecule has 0 unspecified atom stereocenters. The Morgan fingerprint density at radius 1 is 1.30 bits per heavy atom. The molecule has 4 atom stereocenters. The molecule has 2 aromatic rings. The molecule has 3 aliphatic heterocycles. The summed E-state index contributed by atoms with van der Waals surface area (Å²) >= 11 is 1.30. The number of aromatic nitrogens is 1. The van der Waals surface area contributed by atoms with Crippen LogP contribution in [0.4, 0.5) is 13.2 Å². The third-order valence-corrected chi connectivity index (χ3v) is 9.58. The highest BCUT2D eigenvalue weighted by molar-refractivity contribution is 7.11. The largest absolute Gasteiger partial charge is 0.481 e. The zero-order valence-corrected chi connectivity index (χ0v) is 25.7. The average Bonchev–Trinajstić information content (AvgIpc) is 3.69. The fourth-order valence-electron chi connectivity index (χ4n) is 6.19. The minimum absolute atomic E-state index is 0.0595. The number of amidine groups is 1. The summed E-state index contributed by atoms with van der Waals surface area (Å²) in [5.74, 6) is -5.24. The number of carboxylic acid groups (broad SMARTS) is 1. The number of aliphatic hydroxyl groups excluding tert-OH is 1. The Morgan fingerprint density at radius 2 is 2.05 bits per heavy atom. The molecule has 238 valence electrons. The van der Waals surface area contributed by atoms with E-state index in [2.05, 4.69) is 10.3 Å². The van der Waals surface area contributed by atoms with Gasteiger partial charge in [-0.15, -0.1) is 11.3 Å². The molecule has 5 rings (SSSR count). The lowest BCUT2D eigenvalue weighted by Gasteiger charge is -2.34. The first-order chi connectivity index (χ1) is 20.8. The van der Waals surface area contributed by atoms with E-state index in [1.807, 2.05) is 0 Å². The van der Waals surface area contributed by atoms with E-state index >= 15 is 8.78 Å². The van der Waals surface area contributed by atoms with Gasteiger partial charge >= 0.3 is 11.9 Å². The van der Waals surface area contributed by atoms with Crippen LogP contribution in [0, 0.1) is 18.2 Å². The van der Waals surface area contributed by atoms with Crippen molar-refractivity contribution in [2.45, 2.75) is 64.3 Å². The van der Waals surface area contributed by atoms with E-state index in [0.717, 1.165) is 0 Å². The molecule has 10 nitrogen and oxygen atoms in total. The zero-order chi connectivity index (χ0) is 32.0. The van der Waals surface area contributed by atoms with Crippen molar-refractivity contribution in [1.29, 1.82) is 0 Å². The van der Waals surface area contributed by atoms with E-state index in [1.165, 1.54) is 42.2 Å². The average molecular weight is 636 g/mol. The topological polar surface area (TPSA) is 128 Å². The third-order valence-electron chi connectivity index (χ3n) is 8.80. The number of carbonyl (C=O) groups is 2. The van der Waals surface area contributed by atoms with Gasteiger partial charge in [-0.3, -0.25) is 19.6 Å². The van der Waals surface area contributed by atoms with Gasteiger partial charge in [0.25, 0.3) is 5.92 Å². The monoisotopic (exact) mass is 635 g/mol. The first kappa shape index (κ1) is 32.1. The minimum Gasteiger partial charge on any atom is -0.481 e. The van der Waals surface area contributed by atoms with Crippen LogP contribution >= 0.6 is 11.3 Å². The number of nitrogens with zero attached hydrogens (tertiary/aromatic N) is 4. The number of alkyl halides is 2. The number of aliphatic carboxylic acids is 1. The normalized spacial score (nSPS) is 24.5. The van der Waals surface area contributed by atoms with E-state index in [1.54, 1.807) is 36.4 Å². The first-order valence-corrected chi connectivity index (χ1v) is 15.3. The van der Waals surface area contributed by atoms with E-state index in [4.69, 9.17) is 9.73 Å². The summed E-state index contributed by atoms with van der Waals surface area (Å²) in [4.78, 5) is 37.3. The molecule has 0 saturated carbocycles. The number of hydrogen-bond donors (Lipinski definition) is 3. The van der Waals surface area contributed by atoms with Crippen LogP contribution in [-0.4, -0.2) is 99.7 Å². The van der Waals surface area contributed by atoms with Crippen molar-refractivity contribution in [2.75, 3.05) is 32.8 Å². The lowest BCUT2D eigenvalue weighted by Crippen LogP contribution is -2.51. The number of aliphatic imine (C=N–C) groups is 1. The van der Waals surface area contributed by atoms with Gasteiger partial charge in [0.15, 0.2) is 10.8 Å². The summed E-state index contributed by atoms with van der Waals surface area (Å²) in [6, 6.07) is 1.64. The predicted molar refractivity (Wildman–Crippen MR) is 157 cm³/mol. The quantitative estimate of drug-likeness (QED) is 0.337. The van der Waals surface area contributed by atoms with Gasteiger partial charge < -0.3 is 20.3 Å². The molecule has 1 aromatic carbocycles. The number of benzene rings is 1. The number of nitrogens with one attached hydrogen (secondary N) is 1. The molecule has 0 bridgehead atoms. The number of β-amino-alcohol motifs (C(OH)–C–C–N with tert-alkyl or cyclic N) is 1. The second-order valence-electron chi connectivity index (χ2n) is 11.9.